The maximum Gasteiger partial charge on any atom is 0.416 e. The van der Waals surface area contributed by atoms with Gasteiger partial charge < -0.3 is 5.11 Å². The molecule has 1 heterocycles. The number of nitrogens with zero attached hydrogens (tertiary/aromatic N) is 1. The van der Waals surface area contributed by atoms with Crippen LogP contribution in [0.4, 0.5) is 13.2 Å². The third-order valence-corrected chi connectivity index (χ3v) is 5.58. The molecule has 0 bridgehead atoms. The van der Waals surface area contributed by atoms with E-state index in [4.69, 9.17) is 5.11 Å². The summed E-state index contributed by atoms with van der Waals surface area (Å²) in [6.07, 6.45) is -2.89. The number of rotatable bonds is 5. The fraction of sp³-hybridized carbons (Fsp3) is 0.111. The van der Waals surface area contributed by atoms with Crippen LogP contribution in [-0.4, -0.2) is 21.8 Å². The Labute approximate surface area is 155 Å². The van der Waals surface area contributed by atoms with Gasteiger partial charge in [0.1, 0.15) is 5.01 Å². The van der Waals surface area contributed by atoms with Gasteiger partial charge in [0.25, 0.3) is 0 Å². The van der Waals surface area contributed by atoms with E-state index in [-0.39, 0.29) is 5.75 Å². The van der Waals surface area contributed by atoms with Gasteiger partial charge in [0.05, 0.1) is 21.5 Å². The van der Waals surface area contributed by atoms with E-state index >= 15 is 0 Å². The van der Waals surface area contributed by atoms with E-state index in [9.17, 15) is 18.0 Å². The number of halogens is 3. The number of alkyl halides is 3. The molecule has 3 nitrogen and oxygen atoms in total. The van der Waals surface area contributed by atoms with Crippen molar-refractivity contribution in [3.05, 3.63) is 64.7 Å². The molecule has 1 aromatic heterocycles. The van der Waals surface area contributed by atoms with E-state index in [1.54, 1.807) is 12.1 Å². The molecule has 0 aliphatic rings. The summed E-state index contributed by atoms with van der Waals surface area (Å²) in [4.78, 5) is 15.9. The number of aromatic nitrogens is 1. The number of carboxylic acids is 1. The van der Waals surface area contributed by atoms with Crippen molar-refractivity contribution in [1.82, 2.24) is 4.98 Å². The zero-order chi connectivity index (χ0) is 18.7. The lowest BCUT2D eigenvalue weighted by Gasteiger charge is -2.08. The second-order valence-corrected chi connectivity index (χ2v) is 7.35. The number of thioether (sulfide) groups is 1. The predicted molar refractivity (Wildman–Crippen MR) is 99.0 cm³/mol. The van der Waals surface area contributed by atoms with E-state index in [0.717, 1.165) is 34.1 Å². The second kappa shape index (κ2) is 7.51. The number of benzene rings is 2. The van der Waals surface area contributed by atoms with E-state index in [1.165, 1.54) is 17.4 Å². The van der Waals surface area contributed by atoms with Crippen LogP contribution >= 0.6 is 23.1 Å². The molecule has 3 aromatic rings. The SMILES string of the molecule is O=C(O)CS/C(=C\c1cccc(C(F)(F)F)c1)c1nc2ccccc2s1. The predicted octanol–water partition coefficient (Wildman–Crippen LogP) is 5.63. The van der Waals surface area contributed by atoms with E-state index in [0.29, 0.717) is 15.5 Å². The molecule has 0 amide bonds. The van der Waals surface area contributed by atoms with Gasteiger partial charge in [-0.2, -0.15) is 13.2 Å². The molecular formula is C18H12F3NO2S2. The highest BCUT2D eigenvalue weighted by Crippen LogP contribution is 2.36. The molecule has 0 fully saturated rings. The minimum atomic E-state index is -4.44. The first-order chi connectivity index (χ1) is 12.3. The molecule has 134 valence electrons. The molecule has 3 rings (SSSR count). The zero-order valence-electron chi connectivity index (χ0n) is 13.2. The van der Waals surface area contributed by atoms with E-state index < -0.39 is 17.7 Å². The van der Waals surface area contributed by atoms with Crippen LogP contribution in [0.15, 0.2) is 48.5 Å². The normalized spacial score (nSPS) is 12.5. The molecule has 0 atom stereocenters. The third kappa shape index (κ3) is 4.44. The number of carboxylic acid groups (broad SMARTS) is 1. The lowest BCUT2D eigenvalue weighted by molar-refractivity contribution is -0.137. The smallest absolute Gasteiger partial charge is 0.416 e. The summed E-state index contributed by atoms with van der Waals surface area (Å²) >= 11 is 2.41. The average molecular weight is 395 g/mol. The number of carbonyl (C=O) groups is 1. The van der Waals surface area contributed by atoms with Crippen molar-refractivity contribution in [3.63, 3.8) is 0 Å². The topological polar surface area (TPSA) is 50.2 Å². The molecule has 0 saturated heterocycles. The number of hydrogen-bond acceptors (Lipinski definition) is 4. The molecule has 0 saturated carbocycles. The number of para-hydroxylation sites is 1. The Kier molecular flexibility index (Phi) is 5.33. The van der Waals surface area contributed by atoms with Crippen LogP contribution in [0.3, 0.4) is 0 Å². The van der Waals surface area contributed by atoms with Gasteiger partial charge in [-0.1, -0.05) is 24.3 Å². The third-order valence-electron chi connectivity index (χ3n) is 3.37. The first kappa shape index (κ1) is 18.5. The zero-order valence-corrected chi connectivity index (χ0v) is 14.8. The first-order valence-corrected chi connectivity index (χ1v) is 9.22. The fourth-order valence-electron chi connectivity index (χ4n) is 2.24. The van der Waals surface area contributed by atoms with Crippen molar-refractivity contribution >= 4 is 50.3 Å². The minimum Gasteiger partial charge on any atom is -0.481 e. The van der Waals surface area contributed by atoms with Gasteiger partial charge in [0.15, 0.2) is 0 Å². The minimum absolute atomic E-state index is 0.208. The van der Waals surface area contributed by atoms with Crippen LogP contribution in [-0.2, 0) is 11.0 Å². The molecule has 0 aliphatic carbocycles. The Bertz CT molecular complexity index is 947. The van der Waals surface area contributed by atoms with Crippen molar-refractivity contribution < 1.29 is 23.1 Å². The van der Waals surface area contributed by atoms with Crippen molar-refractivity contribution in [1.29, 1.82) is 0 Å². The van der Waals surface area contributed by atoms with Crippen molar-refractivity contribution in [3.8, 4) is 0 Å². The molecule has 26 heavy (non-hydrogen) atoms. The number of fused-ring (bicyclic) bond motifs is 1. The Morgan fingerprint density at radius 3 is 2.65 bits per heavy atom. The van der Waals surface area contributed by atoms with Gasteiger partial charge in [-0.05, 0) is 35.9 Å². The maximum absolute atomic E-state index is 12.9. The molecule has 0 unspecified atom stereocenters. The average Bonchev–Trinajstić information content (AvgIpc) is 3.02. The van der Waals surface area contributed by atoms with Gasteiger partial charge in [-0.25, -0.2) is 4.98 Å². The Hall–Kier alpha value is -2.32. The lowest BCUT2D eigenvalue weighted by atomic mass is 10.1. The Morgan fingerprint density at radius 1 is 1.19 bits per heavy atom. The molecule has 0 aliphatic heterocycles. The summed E-state index contributed by atoms with van der Waals surface area (Å²) in [5, 5.41) is 9.53. The summed E-state index contributed by atoms with van der Waals surface area (Å²) in [5.74, 6) is -1.22. The monoisotopic (exact) mass is 395 g/mol. The summed E-state index contributed by atoms with van der Waals surface area (Å²) in [6.45, 7) is 0. The summed E-state index contributed by atoms with van der Waals surface area (Å²) in [7, 11) is 0. The first-order valence-electron chi connectivity index (χ1n) is 7.42. The Morgan fingerprint density at radius 2 is 1.96 bits per heavy atom. The number of hydrogen-bond donors (Lipinski definition) is 1. The van der Waals surface area contributed by atoms with Gasteiger partial charge >= 0.3 is 12.1 Å². The van der Waals surface area contributed by atoms with Crippen LogP contribution in [0, 0.1) is 0 Å². The van der Waals surface area contributed by atoms with Gasteiger partial charge in [-0.3, -0.25) is 4.79 Å². The summed E-state index contributed by atoms with van der Waals surface area (Å²) < 4.78 is 39.6. The van der Waals surface area contributed by atoms with Crippen LogP contribution in [0.1, 0.15) is 16.1 Å². The standard InChI is InChI=1S/C18H12F3NO2S2/c19-18(20,21)12-5-3-4-11(8-12)9-15(25-10-16(23)24)17-22-13-6-1-2-7-14(13)26-17/h1-9H,10H2,(H,23,24)/b15-9-. The van der Waals surface area contributed by atoms with Gasteiger partial charge in [0.2, 0.25) is 0 Å². The molecule has 1 N–H and O–H groups in total. The van der Waals surface area contributed by atoms with Crippen molar-refractivity contribution in [2.24, 2.45) is 0 Å². The summed E-state index contributed by atoms with van der Waals surface area (Å²) in [6, 6.07) is 12.3. The van der Waals surface area contributed by atoms with E-state index in [2.05, 4.69) is 4.98 Å². The highest BCUT2D eigenvalue weighted by atomic mass is 32.2. The molecular weight excluding hydrogens is 383 g/mol. The van der Waals surface area contributed by atoms with Crippen molar-refractivity contribution in [2.75, 3.05) is 5.75 Å². The fourth-order valence-corrected chi connectivity index (χ4v) is 4.08. The van der Waals surface area contributed by atoms with Crippen LogP contribution in [0.5, 0.6) is 0 Å². The maximum atomic E-state index is 12.9. The lowest BCUT2D eigenvalue weighted by Crippen LogP contribution is -2.04. The quantitative estimate of drug-likeness (QED) is 0.608. The highest BCUT2D eigenvalue weighted by Gasteiger charge is 2.30. The molecule has 0 radical (unpaired) electrons. The molecule has 8 heteroatoms. The van der Waals surface area contributed by atoms with Gasteiger partial charge in [-0.15, -0.1) is 23.1 Å². The van der Waals surface area contributed by atoms with Crippen molar-refractivity contribution in [2.45, 2.75) is 6.18 Å². The Balaban J connectivity index is 2.03. The highest BCUT2D eigenvalue weighted by molar-refractivity contribution is 8.09. The van der Waals surface area contributed by atoms with E-state index in [1.807, 2.05) is 24.3 Å². The van der Waals surface area contributed by atoms with Crippen LogP contribution in [0.2, 0.25) is 0 Å². The van der Waals surface area contributed by atoms with Gasteiger partial charge in [0, 0.05) is 4.91 Å². The second-order valence-electron chi connectivity index (χ2n) is 5.30. The number of aliphatic carboxylic acids is 1. The largest absolute Gasteiger partial charge is 0.481 e. The van der Waals surface area contributed by atoms with Crippen LogP contribution < -0.4 is 0 Å². The summed E-state index contributed by atoms with van der Waals surface area (Å²) in [5.41, 5.74) is 0.350. The molecule has 2 aromatic carbocycles. The molecule has 0 spiro atoms. The van der Waals surface area contributed by atoms with Crippen LogP contribution in [0.25, 0.3) is 21.2 Å². The number of thiazole rings is 1.